The summed E-state index contributed by atoms with van der Waals surface area (Å²) in [4.78, 5) is 24.4. The van der Waals surface area contributed by atoms with Crippen LogP contribution >= 0.6 is 0 Å². The molecule has 1 aliphatic rings. The summed E-state index contributed by atoms with van der Waals surface area (Å²) in [5.41, 5.74) is 0.437. The van der Waals surface area contributed by atoms with Crippen molar-refractivity contribution in [1.29, 1.82) is 0 Å². The Morgan fingerprint density at radius 3 is 2.61 bits per heavy atom. The number of hydrogen-bond acceptors (Lipinski definition) is 5. The summed E-state index contributed by atoms with van der Waals surface area (Å²) < 4.78 is 16.6. The van der Waals surface area contributed by atoms with Crippen LogP contribution in [0, 0.1) is 0 Å². The van der Waals surface area contributed by atoms with Crippen LogP contribution in [0.3, 0.4) is 0 Å². The average molecular weight is 377 g/mol. The summed E-state index contributed by atoms with van der Waals surface area (Å²) in [6.45, 7) is 0.248. The van der Waals surface area contributed by atoms with Crippen molar-refractivity contribution in [2.75, 3.05) is 19.8 Å². The second-order valence-corrected chi connectivity index (χ2v) is 6.40. The molecule has 28 heavy (non-hydrogen) atoms. The van der Waals surface area contributed by atoms with E-state index >= 15 is 0 Å². The van der Waals surface area contributed by atoms with E-state index in [0.29, 0.717) is 23.7 Å². The van der Waals surface area contributed by atoms with Gasteiger partial charge >= 0.3 is 5.97 Å². The molecular weight excluding hydrogens is 358 g/mol. The third-order valence-electron chi connectivity index (χ3n) is 4.44. The van der Waals surface area contributed by atoms with Gasteiger partial charge in [0.05, 0.1) is 12.1 Å². The number of benzene rings is 3. The molecule has 1 amide bonds. The first kappa shape index (κ1) is 17.9. The van der Waals surface area contributed by atoms with Crippen LogP contribution in [-0.2, 0) is 9.53 Å². The van der Waals surface area contributed by atoms with E-state index in [0.717, 1.165) is 10.8 Å². The van der Waals surface area contributed by atoms with Gasteiger partial charge in [-0.3, -0.25) is 4.79 Å². The zero-order valence-electron chi connectivity index (χ0n) is 15.1. The Kier molecular flexibility index (Phi) is 5.10. The molecule has 0 bridgehead atoms. The summed E-state index contributed by atoms with van der Waals surface area (Å²) in [5.74, 6) is 0.415. The second kappa shape index (κ2) is 8.00. The number of para-hydroxylation sites is 2. The van der Waals surface area contributed by atoms with Crippen LogP contribution in [0.5, 0.6) is 11.5 Å². The maximum atomic E-state index is 12.4. The maximum absolute atomic E-state index is 12.4. The summed E-state index contributed by atoms with van der Waals surface area (Å²) in [6.07, 6.45) is -0.299. The fraction of sp³-hybridized carbons (Fsp3) is 0.182. The van der Waals surface area contributed by atoms with Crippen LogP contribution < -0.4 is 14.8 Å². The van der Waals surface area contributed by atoms with Crippen molar-refractivity contribution >= 4 is 22.6 Å². The van der Waals surface area contributed by atoms with Crippen molar-refractivity contribution in [2.45, 2.75) is 6.10 Å². The molecule has 0 unspecified atom stereocenters. The molecule has 142 valence electrons. The number of ether oxygens (including phenoxy) is 3. The fourth-order valence-electron chi connectivity index (χ4n) is 3.05. The zero-order valence-corrected chi connectivity index (χ0v) is 15.1. The van der Waals surface area contributed by atoms with E-state index in [1.807, 2.05) is 54.6 Å². The largest absolute Gasteiger partial charge is 0.486 e. The van der Waals surface area contributed by atoms with Crippen LogP contribution in [0.1, 0.15) is 10.4 Å². The SMILES string of the molecule is O=C(COC(=O)c1cccc2ccccc12)NC[C@@H]1COc2ccccc2O1. The summed E-state index contributed by atoms with van der Waals surface area (Å²) >= 11 is 0. The average Bonchev–Trinajstić information content (AvgIpc) is 2.75. The van der Waals surface area contributed by atoms with Crippen LogP contribution in [0.4, 0.5) is 0 Å². The molecule has 1 heterocycles. The molecule has 1 N–H and O–H groups in total. The number of carbonyl (C=O) groups excluding carboxylic acids is 2. The Hall–Kier alpha value is -3.54. The molecule has 1 atom stereocenters. The molecular formula is C22H19NO5. The Balaban J connectivity index is 1.28. The monoisotopic (exact) mass is 377 g/mol. The molecule has 0 fully saturated rings. The minimum absolute atomic E-state index is 0.263. The first-order valence-corrected chi connectivity index (χ1v) is 9.01. The number of carbonyl (C=O) groups is 2. The van der Waals surface area contributed by atoms with Gasteiger partial charge < -0.3 is 19.5 Å². The van der Waals surface area contributed by atoms with Crippen molar-refractivity contribution in [3.63, 3.8) is 0 Å². The lowest BCUT2D eigenvalue weighted by atomic mass is 10.1. The maximum Gasteiger partial charge on any atom is 0.339 e. The van der Waals surface area contributed by atoms with E-state index < -0.39 is 11.9 Å². The van der Waals surface area contributed by atoms with E-state index in [4.69, 9.17) is 14.2 Å². The smallest absolute Gasteiger partial charge is 0.339 e. The Morgan fingerprint density at radius 1 is 0.964 bits per heavy atom. The Labute approximate surface area is 162 Å². The molecule has 3 aromatic carbocycles. The highest BCUT2D eigenvalue weighted by atomic mass is 16.6. The lowest BCUT2D eigenvalue weighted by Gasteiger charge is -2.26. The number of nitrogens with one attached hydrogen (secondary N) is 1. The van der Waals surface area contributed by atoms with Crippen LogP contribution in [0.25, 0.3) is 10.8 Å². The second-order valence-electron chi connectivity index (χ2n) is 6.40. The number of esters is 1. The highest BCUT2D eigenvalue weighted by molar-refractivity contribution is 6.04. The highest BCUT2D eigenvalue weighted by Crippen LogP contribution is 2.30. The first-order chi connectivity index (χ1) is 13.7. The molecule has 3 aromatic rings. The van der Waals surface area contributed by atoms with Gasteiger partial charge in [0.15, 0.2) is 18.1 Å². The minimum atomic E-state index is -0.530. The van der Waals surface area contributed by atoms with E-state index in [9.17, 15) is 9.59 Å². The lowest BCUT2D eigenvalue weighted by Crippen LogP contribution is -2.42. The van der Waals surface area contributed by atoms with Gasteiger partial charge in [0.25, 0.3) is 5.91 Å². The fourth-order valence-corrected chi connectivity index (χ4v) is 3.05. The molecule has 4 rings (SSSR count). The minimum Gasteiger partial charge on any atom is -0.486 e. The summed E-state index contributed by atoms with van der Waals surface area (Å²) in [5, 5.41) is 4.44. The zero-order chi connectivity index (χ0) is 19.3. The molecule has 0 saturated carbocycles. The molecule has 0 radical (unpaired) electrons. The van der Waals surface area contributed by atoms with Crippen molar-refractivity contribution in [3.05, 3.63) is 72.3 Å². The van der Waals surface area contributed by atoms with E-state index in [-0.39, 0.29) is 19.3 Å². The summed E-state index contributed by atoms with van der Waals surface area (Å²) in [6, 6.07) is 20.3. The van der Waals surface area contributed by atoms with E-state index in [1.165, 1.54) is 0 Å². The summed E-state index contributed by atoms with van der Waals surface area (Å²) in [7, 11) is 0. The predicted octanol–water partition coefficient (Wildman–Crippen LogP) is 2.95. The van der Waals surface area contributed by atoms with Gasteiger partial charge in [-0.25, -0.2) is 4.79 Å². The van der Waals surface area contributed by atoms with Crippen LogP contribution in [0.2, 0.25) is 0 Å². The standard InChI is InChI=1S/C22H19NO5/c24-21(23-12-16-13-26-19-10-3-4-11-20(19)28-16)14-27-22(25)18-9-5-7-15-6-1-2-8-17(15)18/h1-11,16H,12-14H2,(H,23,24)/t16-/m1/s1. The molecule has 1 aliphatic heterocycles. The third kappa shape index (κ3) is 3.91. The highest BCUT2D eigenvalue weighted by Gasteiger charge is 2.21. The number of rotatable bonds is 5. The van der Waals surface area contributed by atoms with Crippen molar-refractivity contribution in [1.82, 2.24) is 5.32 Å². The Bertz CT molecular complexity index is 1010. The van der Waals surface area contributed by atoms with Crippen LogP contribution in [-0.4, -0.2) is 37.7 Å². The quantitative estimate of drug-likeness (QED) is 0.692. The van der Waals surface area contributed by atoms with Gasteiger partial charge in [0.1, 0.15) is 12.7 Å². The van der Waals surface area contributed by atoms with Gasteiger partial charge in [-0.1, -0.05) is 48.5 Å². The number of fused-ring (bicyclic) bond motifs is 2. The molecule has 0 aromatic heterocycles. The van der Waals surface area contributed by atoms with Crippen molar-refractivity contribution in [2.24, 2.45) is 0 Å². The predicted molar refractivity (Wildman–Crippen MR) is 104 cm³/mol. The van der Waals surface area contributed by atoms with Gasteiger partial charge in [-0.15, -0.1) is 0 Å². The van der Waals surface area contributed by atoms with Gasteiger partial charge in [-0.05, 0) is 29.0 Å². The van der Waals surface area contributed by atoms with Gasteiger partial charge in [-0.2, -0.15) is 0 Å². The van der Waals surface area contributed by atoms with Crippen molar-refractivity contribution in [3.8, 4) is 11.5 Å². The Morgan fingerprint density at radius 2 is 1.71 bits per heavy atom. The molecule has 0 aliphatic carbocycles. The third-order valence-corrected chi connectivity index (χ3v) is 4.44. The van der Waals surface area contributed by atoms with E-state index in [2.05, 4.69) is 5.32 Å². The molecule has 6 heteroatoms. The molecule has 0 saturated heterocycles. The molecule has 0 spiro atoms. The number of amides is 1. The first-order valence-electron chi connectivity index (χ1n) is 9.01. The van der Waals surface area contributed by atoms with Crippen LogP contribution in [0.15, 0.2) is 66.7 Å². The molecule has 6 nitrogen and oxygen atoms in total. The number of hydrogen-bond donors (Lipinski definition) is 1. The van der Waals surface area contributed by atoms with Gasteiger partial charge in [0.2, 0.25) is 0 Å². The topological polar surface area (TPSA) is 73.9 Å². The normalized spacial score (nSPS) is 15.1. The van der Waals surface area contributed by atoms with Crippen molar-refractivity contribution < 1.29 is 23.8 Å². The lowest BCUT2D eigenvalue weighted by molar-refractivity contribution is -0.124. The van der Waals surface area contributed by atoms with E-state index in [1.54, 1.807) is 12.1 Å². The van der Waals surface area contributed by atoms with Gasteiger partial charge in [0, 0.05) is 0 Å².